The van der Waals surface area contributed by atoms with E-state index in [1.807, 2.05) is 0 Å². The Labute approximate surface area is 176 Å². The van der Waals surface area contributed by atoms with Crippen LogP contribution < -0.4 is 15.5 Å². The van der Waals surface area contributed by atoms with Gasteiger partial charge in [-0.1, -0.05) is 0 Å². The number of nitrogen functional groups attached to an aromatic ring is 1. The van der Waals surface area contributed by atoms with Gasteiger partial charge in [0.15, 0.2) is 0 Å². The summed E-state index contributed by atoms with van der Waals surface area (Å²) in [5, 5.41) is 0. The van der Waals surface area contributed by atoms with E-state index in [1.165, 1.54) is 25.9 Å². The van der Waals surface area contributed by atoms with Crippen LogP contribution in [0.15, 0.2) is 18.5 Å². The number of ether oxygens (including phenoxy) is 1. The molecule has 2 N–H and O–H groups in total. The molecule has 0 aliphatic carbocycles. The van der Waals surface area contributed by atoms with E-state index < -0.39 is 0 Å². The maximum absolute atomic E-state index is 5.80. The minimum atomic E-state index is 0.272. The van der Waals surface area contributed by atoms with Crippen LogP contribution in [0.2, 0.25) is 0 Å². The summed E-state index contributed by atoms with van der Waals surface area (Å²) in [6.07, 6.45) is 7.29. The second-order valence-corrected chi connectivity index (χ2v) is 9.40. The summed E-state index contributed by atoms with van der Waals surface area (Å²) in [6.45, 7) is 6.12. The van der Waals surface area contributed by atoms with Gasteiger partial charge in [-0.15, -0.1) is 0 Å². The zero-order chi connectivity index (χ0) is 20.3. The summed E-state index contributed by atoms with van der Waals surface area (Å²) in [4.78, 5) is 25.4. The van der Waals surface area contributed by atoms with Crippen molar-refractivity contribution in [1.82, 2.24) is 24.8 Å². The monoisotopic (exact) mass is 408 g/mol. The Balaban J connectivity index is 1.32. The van der Waals surface area contributed by atoms with E-state index in [1.54, 1.807) is 12.4 Å². The van der Waals surface area contributed by atoms with Crippen molar-refractivity contribution in [2.75, 3.05) is 61.9 Å². The molecular formula is C21H28N8O. The van der Waals surface area contributed by atoms with Gasteiger partial charge in [-0.3, -0.25) is 0 Å². The Kier molecular flexibility index (Phi) is 4.11. The number of aromatic nitrogens is 4. The van der Waals surface area contributed by atoms with Gasteiger partial charge in [0.1, 0.15) is 5.82 Å². The first kappa shape index (κ1) is 18.3. The molecule has 0 saturated carbocycles. The molecule has 4 fully saturated rings. The molecule has 2 unspecified atom stereocenters. The summed E-state index contributed by atoms with van der Waals surface area (Å²) >= 11 is 0. The third-order valence-corrected chi connectivity index (χ3v) is 7.18. The van der Waals surface area contributed by atoms with Crippen molar-refractivity contribution in [3.8, 4) is 11.3 Å². The molecule has 6 rings (SSSR count). The van der Waals surface area contributed by atoms with Crippen LogP contribution in [-0.4, -0.2) is 83.4 Å². The van der Waals surface area contributed by atoms with Crippen LogP contribution in [-0.2, 0) is 4.74 Å². The molecule has 0 aromatic carbocycles. The van der Waals surface area contributed by atoms with Crippen LogP contribution in [0.4, 0.5) is 17.7 Å². The van der Waals surface area contributed by atoms with E-state index in [-0.39, 0.29) is 5.95 Å². The van der Waals surface area contributed by atoms with Crippen LogP contribution in [0.3, 0.4) is 0 Å². The quantitative estimate of drug-likeness (QED) is 0.798. The fraction of sp³-hybridized carbons (Fsp3) is 0.619. The van der Waals surface area contributed by atoms with E-state index in [2.05, 4.69) is 37.8 Å². The van der Waals surface area contributed by atoms with E-state index >= 15 is 0 Å². The van der Waals surface area contributed by atoms with Gasteiger partial charge in [0.25, 0.3) is 0 Å². The summed E-state index contributed by atoms with van der Waals surface area (Å²) in [6, 6.07) is 2.47. The van der Waals surface area contributed by atoms with Crippen molar-refractivity contribution < 1.29 is 4.74 Å². The Bertz CT molecular complexity index is 935. The smallest absolute Gasteiger partial charge is 0.227 e. The van der Waals surface area contributed by atoms with Crippen LogP contribution in [0.1, 0.15) is 19.3 Å². The summed E-state index contributed by atoms with van der Waals surface area (Å²) in [7, 11) is 2.21. The van der Waals surface area contributed by atoms with Crippen molar-refractivity contribution in [2.45, 2.75) is 31.4 Å². The number of nitrogens with zero attached hydrogens (tertiary/aromatic N) is 7. The van der Waals surface area contributed by atoms with E-state index in [4.69, 9.17) is 20.4 Å². The molecule has 6 heterocycles. The lowest BCUT2D eigenvalue weighted by atomic mass is 9.72. The van der Waals surface area contributed by atoms with Crippen LogP contribution in [0.25, 0.3) is 11.3 Å². The van der Waals surface area contributed by atoms with E-state index in [9.17, 15) is 0 Å². The van der Waals surface area contributed by atoms with Gasteiger partial charge in [0, 0.05) is 56.7 Å². The minimum Gasteiger partial charge on any atom is -0.374 e. The fourth-order valence-electron chi connectivity index (χ4n) is 5.61. The predicted octanol–water partition coefficient (Wildman–Crippen LogP) is 1.03. The van der Waals surface area contributed by atoms with Gasteiger partial charge in [0.05, 0.1) is 24.4 Å². The first-order valence-electron chi connectivity index (χ1n) is 10.9. The lowest BCUT2D eigenvalue weighted by molar-refractivity contribution is 0.00111. The lowest BCUT2D eigenvalue weighted by Crippen LogP contribution is -2.58. The van der Waals surface area contributed by atoms with Crippen LogP contribution in [0, 0.1) is 5.41 Å². The summed E-state index contributed by atoms with van der Waals surface area (Å²) in [5.41, 5.74) is 7.90. The lowest BCUT2D eigenvalue weighted by Gasteiger charge is -2.52. The largest absolute Gasteiger partial charge is 0.374 e. The average molecular weight is 409 g/mol. The van der Waals surface area contributed by atoms with Gasteiger partial charge >= 0.3 is 0 Å². The standard InChI is InChI=1S/C21H28N8O/c1-27-12-21(13-27)2-4-28(5-3-21)20-25-17(14-8-23-19(22)24-9-14)7-18(26-20)29-10-16-6-15(29)11-30-16/h7-9,15-16H,2-6,10-13H2,1H3,(H2,22,23,24). The van der Waals surface area contributed by atoms with E-state index in [0.29, 0.717) is 17.6 Å². The molecule has 4 saturated heterocycles. The third kappa shape index (κ3) is 3.07. The normalized spacial score (nSPS) is 27.6. The molecule has 2 aromatic rings. The van der Waals surface area contributed by atoms with Crippen LogP contribution in [0.5, 0.6) is 0 Å². The number of rotatable bonds is 3. The van der Waals surface area contributed by atoms with Crippen molar-refractivity contribution >= 4 is 17.7 Å². The highest BCUT2D eigenvalue weighted by Gasteiger charge is 2.44. The Morgan fingerprint density at radius 2 is 1.90 bits per heavy atom. The number of hydrogen-bond donors (Lipinski definition) is 1. The van der Waals surface area contributed by atoms with Gasteiger partial charge < -0.3 is 25.2 Å². The molecule has 4 aliphatic rings. The Morgan fingerprint density at radius 3 is 2.53 bits per heavy atom. The van der Waals surface area contributed by atoms with Crippen LogP contribution >= 0.6 is 0 Å². The maximum atomic E-state index is 5.80. The SMILES string of the molecule is CN1CC2(CCN(c3nc(-c4cnc(N)nc4)cc(N4CC5CC4CO5)n3)CC2)C1. The van der Waals surface area contributed by atoms with Crippen molar-refractivity contribution in [3.05, 3.63) is 18.5 Å². The number of anilines is 3. The summed E-state index contributed by atoms with van der Waals surface area (Å²) in [5.74, 6) is 2.06. The molecule has 30 heavy (non-hydrogen) atoms. The molecule has 0 amide bonds. The molecule has 158 valence electrons. The molecule has 9 nitrogen and oxygen atoms in total. The maximum Gasteiger partial charge on any atom is 0.227 e. The summed E-state index contributed by atoms with van der Waals surface area (Å²) < 4.78 is 5.80. The highest BCUT2D eigenvalue weighted by molar-refractivity contribution is 5.64. The second kappa shape index (κ2) is 6.75. The van der Waals surface area contributed by atoms with Crippen molar-refractivity contribution in [2.24, 2.45) is 5.41 Å². The fourth-order valence-corrected chi connectivity index (χ4v) is 5.61. The number of fused-ring (bicyclic) bond motifs is 2. The molecule has 9 heteroatoms. The number of piperidine rings is 1. The molecule has 2 aromatic heterocycles. The third-order valence-electron chi connectivity index (χ3n) is 7.18. The highest BCUT2D eigenvalue weighted by atomic mass is 16.5. The van der Waals surface area contributed by atoms with Gasteiger partial charge in [0.2, 0.25) is 11.9 Å². The average Bonchev–Trinajstić information content (AvgIpc) is 3.37. The highest BCUT2D eigenvalue weighted by Crippen LogP contribution is 2.41. The molecule has 2 bridgehead atoms. The predicted molar refractivity (Wildman–Crippen MR) is 114 cm³/mol. The van der Waals surface area contributed by atoms with E-state index in [0.717, 1.165) is 55.7 Å². The first-order valence-corrected chi connectivity index (χ1v) is 10.9. The minimum absolute atomic E-state index is 0.272. The van der Waals surface area contributed by atoms with Gasteiger partial charge in [-0.05, 0) is 31.7 Å². The molecule has 1 spiro atoms. The zero-order valence-electron chi connectivity index (χ0n) is 17.4. The number of morpholine rings is 1. The number of nitrogens with two attached hydrogens (primary N) is 1. The van der Waals surface area contributed by atoms with Crippen molar-refractivity contribution in [3.63, 3.8) is 0 Å². The van der Waals surface area contributed by atoms with Gasteiger partial charge in [-0.2, -0.15) is 4.98 Å². The zero-order valence-corrected chi connectivity index (χ0v) is 17.4. The van der Waals surface area contributed by atoms with Crippen molar-refractivity contribution in [1.29, 1.82) is 0 Å². The van der Waals surface area contributed by atoms with Gasteiger partial charge in [-0.25, -0.2) is 15.0 Å². The number of hydrogen-bond acceptors (Lipinski definition) is 9. The topological polar surface area (TPSA) is 96.5 Å². The molecule has 2 atom stereocenters. The Morgan fingerprint density at radius 1 is 1.13 bits per heavy atom. The molecular weight excluding hydrogens is 380 g/mol. The molecule has 0 radical (unpaired) electrons. The first-order chi connectivity index (χ1) is 14.6. The number of likely N-dealkylation sites (tertiary alicyclic amines) is 1. The second-order valence-electron chi connectivity index (χ2n) is 9.40. The molecule has 4 aliphatic heterocycles. The Hall–Kier alpha value is -2.52.